The Kier molecular flexibility index (Phi) is 4.02. The number of primary amides is 1. The van der Waals surface area contributed by atoms with Gasteiger partial charge in [-0.2, -0.15) is 5.26 Å². The van der Waals surface area contributed by atoms with Crippen molar-refractivity contribution in [2.24, 2.45) is 5.73 Å². The molecule has 20 heavy (non-hydrogen) atoms. The smallest absolute Gasteiger partial charge is 0.250 e. The number of nitrogens with zero attached hydrogens (tertiary/aromatic N) is 2. The van der Waals surface area contributed by atoms with Crippen LogP contribution < -0.4 is 5.73 Å². The van der Waals surface area contributed by atoms with Gasteiger partial charge in [-0.15, -0.1) is 0 Å². The molecular formula is C14H16FN3O2. The molecule has 1 heterocycles. The number of nitriles is 1. The van der Waals surface area contributed by atoms with E-state index in [0.717, 1.165) is 0 Å². The minimum atomic E-state index is -1.52. The molecular weight excluding hydrogens is 261 g/mol. The number of piperidine rings is 1. The van der Waals surface area contributed by atoms with Crippen molar-refractivity contribution >= 4 is 5.91 Å². The van der Waals surface area contributed by atoms with Gasteiger partial charge >= 0.3 is 0 Å². The van der Waals surface area contributed by atoms with E-state index in [0.29, 0.717) is 31.5 Å². The highest BCUT2D eigenvalue weighted by atomic mass is 19.1. The summed E-state index contributed by atoms with van der Waals surface area (Å²) in [5, 5.41) is 19.1. The summed E-state index contributed by atoms with van der Waals surface area (Å²) in [5.41, 5.74) is 4.62. The molecule has 0 aromatic heterocycles. The molecule has 106 valence electrons. The lowest BCUT2D eigenvalue weighted by molar-refractivity contribution is -0.142. The number of hydrogen-bond acceptors (Lipinski definition) is 4. The molecule has 0 radical (unpaired) electrons. The summed E-state index contributed by atoms with van der Waals surface area (Å²) in [6.07, 6.45) is 0.982. The Bertz CT molecular complexity index is 570. The second-order valence-electron chi connectivity index (χ2n) is 5.12. The SMILES string of the molecule is N#Cc1cc(F)ccc1CN1CCCC(O)(C(N)=O)C1. The van der Waals surface area contributed by atoms with Crippen LogP contribution in [0.5, 0.6) is 0 Å². The van der Waals surface area contributed by atoms with Crippen LogP contribution in [0.1, 0.15) is 24.0 Å². The molecule has 6 heteroatoms. The maximum Gasteiger partial charge on any atom is 0.250 e. The predicted octanol–water partition coefficient (Wildman–Crippen LogP) is 0.510. The lowest BCUT2D eigenvalue weighted by Gasteiger charge is -2.37. The van der Waals surface area contributed by atoms with Crippen LogP contribution in [0, 0.1) is 17.1 Å². The van der Waals surface area contributed by atoms with Crippen LogP contribution in [0.2, 0.25) is 0 Å². The molecule has 0 aliphatic carbocycles. The molecule has 3 N–H and O–H groups in total. The average molecular weight is 277 g/mol. The average Bonchev–Trinajstić information content (AvgIpc) is 2.41. The highest BCUT2D eigenvalue weighted by Crippen LogP contribution is 2.23. The van der Waals surface area contributed by atoms with Crippen molar-refractivity contribution in [2.75, 3.05) is 13.1 Å². The number of aliphatic hydroxyl groups is 1. The Hall–Kier alpha value is -1.97. The fourth-order valence-electron chi connectivity index (χ4n) is 2.49. The third kappa shape index (κ3) is 2.95. The van der Waals surface area contributed by atoms with E-state index in [2.05, 4.69) is 0 Å². The molecule has 1 unspecified atom stereocenters. The van der Waals surface area contributed by atoms with E-state index in [4.69, 9.17) is 11.0 Å². The van der Waals surface area contributed by atoms with Gasteiger partial charge < -0.3 is 10.8 Å². The van der Waals surface area contributed by atoms with Gasteiger partial charge in [0.05, 0.1) is 11.6 Å². The predicted molar refractivity (Wildman–Crippen MR) is 69.8 cm³/mol. The van der Waals surface area contributed by atoms with Crippen molar-refractivity contribution in [1.29, 1.82) is 5.26 Å². The second-order valence-corrected chi connectivity index (χ2v) is 5.12. The van der Waals surface area contributed by atoms with E-state index in [1.54, 1.807) is 6.07 Å². The monoisotopic (exact) mass is 277 g/mol. The minimum absolute atomic E-state index is 0.130. The maximum atomic E-state index is 13.1. The first-order valence-corrected chi connectivity index (χ1v) is 6.38. The first-order chi connectivity index (χ1) is 9.44. The Morgan fingerprint density at radius 3 is 3.00 bits per heavy atom. The highest BCUT2D eigenvalue weighted by Gasteiger charge is 2.38. The zero-order valence-corrected chi connectivity index (χ0v) is 11.0. The second kappa shape index (κ2) is 5.57. The number of β-amino-alcohol motifs (C(OH)–C–C–N with tert-alkyl or cyclic N) is 1. The standard InChI is InChI=1S/C14H16FN3O2/c15-12-3-2-10(11(6-12)7-16)8-18-5-1-4-14(20,9-18)13(17)19/h2-3,6,20H,1,4-5,8-9H2,(H2,17,19). The summed E-state index contributed by atoms with van der Waals surface area (Å²) >= 11 is 0. The molecule has 1 atom stereocenters. The van der Waals surface area contributed by atoms with Crippen LogP contribution in [0.25, 0.3) is 0 Å². The number of hydrogen-bond donors (Lipinski definition) is 2. The van der Waals surface area contributed by atoms with Gasteiger partial charge in [0.25, 0.3) is 5.91 Å². The van der Waals surface area contributed by atoms with E-state index in [1.807, 2.05) is 11.0 Å². The first kappa shape index (κ1) is 14.4. The molecule has 2 rings (SSSR count). The summed E-state index contributed by atoms with van der Waals surface area (Å²) < 4.78 is 13.1. The molecule has 1 aromatic carbocycles. The van der Waals surface area contributed by atoms with E-state index in [-0.39, 0.29) is 12.1 Å². The molecule has 1 fully saturated rings. The summed E-state index contributed by atoms with van der Waals surface area (Å²) in [6, 6.07) is 5.97. The van der Waals surface area contributed by atoms with Gasteiger partial charge in [0.2, 0.25) is 0 Å². The first-order valence-electron chi connectivity index (χ1n) is 6.38. The Morgan fingerprint density at radius 2 is 2.35 bits per heavy atom. The largest absolute Gasteiger partial charge is 0.379 e. The third-order valence-corrected chi connectivity index (χ3v) is 3.59. The number of benzene rings is 1. The van der Waals surface area contributed by atoms with Crippen molar-refractivity contribution in [3.63, 3.8) is 0 Å². The Labute approximate surface area is 116 Å². The van der Waals surface area contributed by atoms with Gasteiger partial charge in [-0.25, -0.2) is 4.39 Å². The molecule has 1 aliphatic rings. The maximum absolute atomic E-state index is 13.1. The van der Waals surface area contributed by atoms with E-state index < -0.39 is 17.3 Å². The van der Waals surface area contributed by atoms with Crippen LogP contribution >= 0.6 is 0 Å². The van der Waals surface area contributed by atoms with Crippen LogP contribution in [0.4, 0.5) is 4.39 Å². The van der Waals surface area contributed by atoms with Crippen LogP contribution in [0.3, 0.4) is 0 Å². The molecule has 1 aliphatic heterocycles. The lowest BCUT2D eigenvalue weighted by Crippen LogP contribution is -2.55. The summed E-state index contributed by atoms with van der Waals surface area (Å²) in [6.45, 7) is 1.20. The third-order valence-electron chi connectivity index (χ3n) is 3.59. The van der Waals surface area contributed by atoms with Gasteiger partial charge in [0.15, 0.2) is 5.60 Å². The fourth-order valence-corrected chi connectivity index (χ4v) is 2.49. The van der Waals surface area contributed by atoms with Gasteiger partial charge in [-0.05, 0) is 37.1 Å². The Morgan fingerprint density at radius 1 is 1.60 bits per heavy atom. The fraction of sp³-hybridized carbons (Fsp3) is 0.429. The number of amides is 1. The van der Waals surface area contributed by atoms with Crippen LogP contribution in [-0.4, -0.2) is 34.6 Å². The van der Waals surface area contributed by atoms with Crippen molar-refractivity contribution < 1.29 is 14.3 Å². The number of rotatable bonds is 3. The molecule has 0 spiro atoms. The van der Waals surface area contributed by atoms with Gasteiger partial charge in [-0.1, -0.05) is 6.07 Å². The summed E-state index contributed by atoms with van der Waals surface area (Å²) in [4.78, 5) is 13.1. The minimum Gasteiger partial charge on any atom is -0.379 e. The van der Waals surface area contributed by atoms with Gasteiger partial charge in [-0.3, -0.25) is 9.69 Å². The van der Waals surface area contributed by atoms with Crippen molar-refractivity contribution in [3.8, 4) is 6.07 Å². The van der Waals surface area contributed by atoms with Crippen LogP contribution in [-0.2, 0) is 11.3 Å². The molecule has 1 amide bonds. The van der Waals surface area contributed by atoms with E-state index >= 15 is 0 Å². The molecule has 0 saturated carbocycles. The number of likely N-dealkylation sites (tertiary alicyclic amines) is 1. The zero-order valence-electron chi connectivity index (χ0n) is 11.0. The molecule has 1 saturated heterocycles. The lowest BCUT2D eigenvalue weighted by atomic mass is 9.91. The summed E-state index contributed by atoms with van der Waals surface area (Å²) in [7, 11) is 0. The summed E-state index contributed by atoms with van der Waals surface area (Å²) in [5.74, 6) is -1.20. The van der Waals surface area contributed by atoms with Gasteiger partial charge in [0, 0.05) is 13.1 Å². The molecule has 1 aromatic rings. The number of nitrogens with two attached hydrogens (primary N) is 1. The highest BCUT2D eigenvalue weighted by molar-refractivity contribution is 5.83. The topological polar surface area (TPSA) is 90.3 Å². The van der Waals surface area contributed by atoms with E-state index in [9.17, 15) is 14.3 Å². The quantitative estimate of drug-likeness (QED) is 0.842. The van der Waals surface area contributed by atoms with Crippen molar-refractivity contribution in [2.45, 2.75) is 25.0 Å². The normalized spacial score (nSPS) is 23.2. The zero-order chi connectivity index (χ0) is 14.8. The molecule has 0 bridgehead atoms. The Balaban J connectivity index is 2.15. The number of carbonyl (C=O) groups excluding carboxylic acids is 1. The van der Waals surface area contributed by atoms with Crippen molar-refractivity contribution in [3.05, 3.63) is 35.1 Å². The number of carbonyl (C=O) groups is 1. The number of halogens is 1. The van der Waals surface area contributed by atoms with Gasteiger partial charge in [0.1, 0.15) is 5.82 Å². The van der Waals surface area contributed by atoms with E-state index in [1.165, 1.54) is 12.1 Å². The van der Waals surface area contributed by atoms with Crippen molar-refractivity contribution in [1.82, 2.24) is 4.90 Å². The molecule has 5 nitrogen and oxygen atoms in total. The van der Waals surface area contributed by atoms with Crippen LogP contribution in [0.15, 0.2) is 18.2 Å².